The summed E-state index contributed by atoms with van der Waals surface area (Å²) in [7, 11) is 0. The summed E-state index contributed by atoms with van der Waals surface area (Å²) in [6.45, 7) is 2.38. The lowest BCUT2D eigenvalue weighted by molar-refractivity contribution is -0.144. The zero-order valence-corrected chi connectivity index (χ0v) is 9.68. The molecule has 1 N–H and O–H groups in total. The number of ether oxygens (including phenoxy) is 1. The zero-order valence-electron chi connectivity index (χ0n) is 9.68. The summed E-state index contributed by atoms with van der Waals surface area (Å²) in [5, 5.41) is 10.2. The Hall–Kier alpha value is -1.98. The molecule has 0 fully saturated rings. The summed E-state index contributed by atoms with van der Waals surface area (Å²) >= 11 is 0. The van der Waals surface area contributed by atoms with Crippen molar-refractivity contribution in [1.82, 2.24) is 15.5 Å². The van der Waals surface area contributed by atoms with E-state index in [4.69, 9.17) is 4.74 Å². The fourth-order valence-electron chi connectivity index (χ4n) is 1.15. The lowest BCUT2D eigenvalue weighted by Gasteiger charge is -2.04. The molecule has 0 unspecified atom stereocenters. The van der Waals surface area contributed by atoms with Gasteiger partial charge in [-0.05, 0) is 19.1 Å². The lowest BCUT2D eigenvalue weighted by Crippen LogP contribution is -2.24. The Kier molecular flexibility index (Phi) is 5.63. The summed E-state index contributed by atoms with van der Waals surface area (Å²) < 4.78 is 4.71. The average Bonchev–Trinajstić information content (AvgIpc) is 2.35. The van der Waals surface area contributed by atoms with E-state index in [-0.39, 0.29) is 24.7 Å². The highest BCUT2D eigenvalue weighted by molar-refractivity contribution is 5.81. The standard InChI is InChI=1S/C11H15N3O3/c1-2-17-11(16)6-5-10(15)12-8-9-4-3-7-13-14-9/h3-4,7H,2,5-6,8H2,1H3,(H,12,15). The predicted octanol–water partition coefficient (Wildman–Crippen LogP) is 0.436. The Morgan fingerprint density at radius 2 is 2.24 bits per heavy atom. The number of aromatic nitrogens is 2. The van der Waals surface area contributed by atoms with Crippen molar-refractivity contribution in [2.24, 2.45) is 0 Å². The Bertz CT molecular complexity index is 367. The Morgan fingerprint density at radius 1 is 1.41 bits per heavy atom. The smallest absolute Gasteiger partial charge is 0.306 e. The van der Waals surface area contributed by atoms with E-state index in [0.717, 1.165) is 0 Å². The predicted molar refractivity (Wildman–Crippen MR) is 59.7 cm³/mol. The number of nitrogens with zero attached hydrogens (tertiary/aromatic N) is 2. The number of hydrogen-bond donors (Lipinski definition) is 1. The van der Waals surface area contributed by atoms with Crippen molar-refractivity contribution in [3.8, 4) is 0 Å². The maximum absolute atomic E-state index is 11.4. The van der Waals surface area contributed by atoms with Gasteiger partial charge in [0.25, 0.3) is 0 Å². The van der Waals surface area contributed by atoms with Gasteiger partial charge in [0.15, 0.2) is 0 Å². The van der Waals surface area contributed by atoms with Crippen LogP contribution in [0.5, 0.6) is 0 Å². The molecule has 1 amide bonds. The minimum absolute atomic E-state index is 0.0974. The molecule has 1 rings (SSSR count). The van der Waals surface area contributed by atoms with Gasteiger partial charge in [0.2, 0.25) is 5.91 Å². The normalized spacial score (nSPS) is 9.71. The van der Waals surface area contributed by atoms with Crippen LogP contribution in [-0.2, 0) is 20.9 Å². The molecule has 0 atom stereocenters. The molecule has 6 heteroatoms. The van der Waals surface area contributed by atoms with Crippen LogP contribution in [0.2, 0.25) is 0 Å². The minimum Gasteiger partial charge on any atom is -0.466 e. The molecule has 1 heterocycles. The van der Waals surface area contributed by atoms with Crippen LogP contribution < -0.4 is 5.32 Å². The van der Waals surface area contributed by atoms with Gasteiger partial charge in [-0.3, -0.25) is 9.59 Å². The maximum atomic E-state index is 11.4. The molecule has 1 aromatic rings. The molecule has 92 valence electrons. The van der Waals surface area contributed by atoms with Crippen molar-refractivity contribution in [1.29, 1.82) is 0 Å². The quantitative estimate of drug-likeness (QED) is 0.726. The van der Waals surface area contributed by atoms with Crippen LogP contribution >= 0.6 is 0 Å². The molecule has 0 saturated heterocycles. The summed E-state index contributed by atoms with van der Waals surface area (Å²) in [5.41, 5.74) is 0.678. The first-order valence-corrected chi connectivity index (χ1v) is 5.41. The van der Waals surface area contributed by atoms with Crippen molar-refractivity contribution in [3.05, 3.63) is 24.0 Å². The van der Waals surface area contributed by atoms with Crippen LogP contribution in [0.15, 0.2) is 18.3 Å². The fourth-order valence-corrected chi connectivity index (χ4v) is 1.15. The number of carbonyl (C=O) groups excluding carboxylic acids is 2. The maximum Gasteiger partial charge on any atom is 0.306 e. The third-order valence-electron chi connectivity index (χ3n) is 1.96. The van der Waals surface area contributed by atoms with Gasteiger partial charge in [-0.15, -0.1) is 0 Å². The molecule has 0 aromatic carbocycles. The molecule has 0 saturated carbocycles. The summed E-state index contributed by atoms with van der Waals surface area (Å²) in [5.74, 6) is -0.564. The number of esters is 1. The molecule has 0 radical (unpaired) electrons. The number of carbonyl (C=O) groups is 2. The lowest BCUT2D eigenvalue weighted by atomic mass is 10.3. The number of rotatable bonds is 6. The summed E-state index contributed by atoms with van der Waals surface area (Å²) in [4.78, 5) is 22.4. The highest BCUT2D eigenvalue weighted by Gasteiger charge is 2.07. The second-order valence-corrected chi connectivity index (χ2v) is 3.30. The first-order chi connectivity index (χ1) is 8.22. The molecule has 0 aliphatic heterocycles. The van der Waals surface area contributed by atoms with Crippen LogP contribution in [0.4, 0.5) is 0 Å². The molecule has 0 spiro atoms. The Labute approximate surface area is 99.4 Å². The highest BCUT2D eigenvalue weighted by atomic mass is 16.5. The van der Waals surface area contributed by atoms with Crippen LogP contribution in [0.25, 0.3) is 0 Å². The SMILES string of the molecule is CCOC(=O)CCC(=O)NCc1cccnn1. The summed E-state index contributed by atoms with van der Waals surface area (Å²) in [6.07, 6.45) is 1.78. The first kappa shape index (κ1) is 13.1. The molecular formula is C11H15N3O3. The first-order valence-electron chi connectivity index (χ1n) is 5.41. The second kappa shape index (κ2) is 7.32. The van der Waals surface area contributed by atoms with Gasteiger partial charge in [-0.25, -0.2) is 0 Å². The third kappa shape index (κ3) is 5.60. The van der Waals surface area contributed by atoms with E-state index < -0.39 is 0 Å². The fraction of sp³-hybridized carbons (Fsp3) is 0.455. The van der Waals surface area contributed by atoms with E-state index in [1.807, 2.05) is 0 Å². The Morgan fingerprint density at radius 3 is 2.88 bits per heavy atom. The van der Waals surface area contributed by atoms with Crippen molar-refractivity contribution in [3.63, 3.8) is 0 Å². The molecule has 6 nitrogen and oxygen atoms in total. The van der Waals surface area contributed by atoms with Crippen molar-refractivity contribution < 1.29 is 14.3 Å². The van der Waals surface area contributed by atoms with Gasteiger partial charge >= 0.3 is 5.97 Å². The van der Waals surface area contributed by atoms with Gasteiger partial charge in [-0.2, -0.15) is 10.2 Å². The van der Waals surface area contributed by atoms with Gasteiger partial charge in [0.1, 0.15) is 0 Å². The van der Waals surface area contributed by atoms with Crippen LogP contribution in [0.3, 0.4) is 0 Å². The topological polar surface area (TPSA) is 81.2 Å². The van der Waals surface area contributed by atoms with E-state index in [9.17, 15) is 9.59 Å². The van der Waals surface area contributed by atoms with Gasteiger partial charge in [0, 0.05) is 12.6 Å². The third-order valence-corrected chi connectivity index (χ3v) is 1.96. The zero-order chi connectivity index (χ0) is 12.5. The molecular weight excluding hydrogens is 222 g/mol. The van der Waals surface area contributed by atoms with Crippen molar-refractivity contribution in [2.45, 2.75) is 26.3 Å². The van der Waals surface area contributed by atoms with Crippen molar-refractivity contribution >= 4 is 11.9 Å². The highest BCUT2D eigenvalue weighted by Crippen LogP contribution is 1.95. The van der Waals surface area contributed by atoms with E-state index in [1.54, 1.807) is 25.3 Å². The van der Waals surface area contributed by atoms with Crippen LogP contribution in [0, 0.1) is 0 Å². The molecule has 0 aliphatic carbocycles. The van der Waals surface area contributed by atoms with E-state index in [0.29, 0.717) is 18.8 Å². The van der Waals surface area contributed by atoms with Crippen LogP contribution in [0.1, 0.15) is 25.5 Å². The molecule has 0 aliphatic rings. The van der Waals surface area contributed by atoms with E-state index in [2.05, 4.69) is 15.5 Å². The van der Waals surface area contributed by atoms with E-state index in [1.165, 1.54) is 0 Å². The van der Waals surface area contributed by atoms with Gasteiger partial charge in [0.05, 0.1) is 25.3 Å². The molecule has 1 aromatic heterocycles. The van der Waals surface area contributed by atoms with Crippen LogP contribution in [-0.4, -0.2) is 28.7 Å². The molecule has 0 bridgehead atoms. The van der Waals surface area contributed by atoms with Gasteiger partial charge < -0.3 is 10.1 Å². The minimum atomic E-state index is -0.359. The molecule has 17 heavy (non-hydrogen) atoms. The monoisotopic (exact) mass is 237 g/mol. The number of hydrogen-bond acceptors (Lipinski definition) is 5. The van der Waals surface area contributed by atoms with E-state index >= 15 is 0 Å². The summed E-state index contributed by atoms with van der Waals surface area (Å²) in [6, 6.07) is 3.51. The second-order valence-electron chi connectivity index (χ2n) is 3.30. The number of amides is 1. The average molecular weight is 237 g/mol. The van der Waals surface area contributed by atoms with Gasteiger partial charge in [-0.1, -0.05) is 0 Å². The number of nitrogens with one attached hydrogen (secondary N) is 1. The Balaban J connectivity index is 2.20. The van der Waals surface area contributed by atoms with Crippen molar-refractivity contribution in [2.75, 3.05) is 6.61 Å². The largest absolute Gasteiger partial charge is 0.466 e.